The molecule has 1 atom stereocenters. The first kappa shape index (κ1) is 31.2. The Morgan fingerprint density at radius 3 is 2.05 bits per heavy atom. The summed E-state index contributed by atoms with van der Waals surface area (Å²) >= 11 is 7.48. The molecule has 0 fully saturated rings. The van der Waals surface area contributed by atoms with Gasteiger partial charge in [0.2, 0.25) is 5.91 Å². The van der Waals surface area contributed by atoms with E-state index in [0.29, 0.717) is 22.5 Å². The molecule has 0 aliphatic heterocycles. The van der Waals surface area contributed by atoms with Gasteiger partial charge in [-0.25, -0.2) is 4.39 Å². The van der Waals surface area contributed by atoms with Crippen molar-refractivity contribution in [3.8, 4) is 0 Å². The molecule has 0 saturated heterocycles. The Kier molecular flexibility index (Phi) is 10.5. The minimum atomic E-state index is -0.687. The molecule has 1 unspecified atom stereocenters. The van der Waals surface area contributed by atoms with Crippen LogP contribution in [0.25, 0.3) is 6.08 Å². The van der Waals surface area contributed by atoms with Crippen molar-refractivity contribution in [3.63, 3.8) is 0 Å². The molecular formula is C33H27ClFN3O4S. The number of hydrogen-bond acceptors (Lipinski definition) is 5. The molecule has 4 aromatic rings. The Morgan fingerprint density at radius 1 is 0.791 bits per heavy atom. The maximum absolute atomic E-state index is 14.5. The van der Waals surface area contributed by atoms with Crippen LogP contribution >= 0.6 is 23.4 Å². The third-order valence-corrected chi connectivity index (χ3v) is 7.61. The zero-order valence-corrected chi connectivity index (χ0v) is 24.8. The van der Waals surface area contributed by atoms with Gasteiger partial charge in [0.05, 0.1) is 10.3 Å². The molecule has 0 spiro atoms. The predicted molar refractivity (Wildman–Crippen MR) is 169 cm³/mol. The minimum absolute atomic E-state index is 0.0449. The van der Waals surface area contributed by atoms with Gasteiger partial charge in [0.25, 0.3) is 11.8 Å². The lowest BCUT2D eigenvalue weighted by atomic mass is 10.1. The van der Waals surface area contributed by atoms with E-state index in [1.165, 1.54) is 43.0 Å². The van der Waals surface area contributed by atoms with Gasteiger partial charge in [-0.15, -0.1) is 11.8 Å². The highest BCUT2D eigenvalue weighted by Gasteiger charge is 2.18. The van der Waals surface area contributed by atoms with Crippen LogP contribution in [0.2, 0.25) is 5.02 Å². The van der Waals surface area contributed by atoms with Crippen LogP contribution < -0.4 is 16.0 Å². The van der Waals surface area contributed by atoms with Gasteiger partial charge in [0, 0.05) is 33.0 Å². The average molecular weight is 616 g/mol. The first-order valence-corrected chi connectivity index (χ1v) is 14.4. The number of nitrogens with one attached hydrogen (secondary N) is 3. The van der Waals surface area contributed by atoms with Crippen molar-refractivity contribution in [1.82, 2.24) is 5.32 Å². The Hall–Kier alpha value is -4.73. The van der Waals surface area contributed by atoms with Gasteiger partial charge < -0.3 is 16.0 Å². The van der Waals surface area contributed by atoms with Gasteiger partial charge in [-0.1, -0.05) is 35.9 Å². The molecule has 0 aliphatic carbocycles. The van der Waals surface area contributed by atoms with E-state index in [0.717, 1.165) is 4.90 Å². The second kappa shape index (κ2) is 14.4. The Morgan fingerprint density at radius 2 is 1.42 bits per heavy atom. The van der Waals surface area contributed by atoms with E-state index in [-0.39, 0.29) is 28.0 Å². The zero-order valence-electron chi connectivity index (χ0n) is 23.2. The molecule has 3 amide bonds. The van der Waals surface area contributed by atoms with Crippen LogP contribution in [0.5, 0.6) is 0 Å². The van der Waals surface area contributed by atoms with Gasteiger partial charge in [-0.05, 0) is 92.7 Å². The molecule has 0 aliphatic rings. The molecule has 4 aromatic carbocycles. The number of hydrogen-bond donors (Lipinski definition) is 3. The number of rotatable bonds is 10. The van der Waals surface area contributed by atoms with E-state index >= 15 is 0 Å². The highest BCUT2D eigenvalue weighted by Crippen LogP contribution is 2.26. The molecule has 7 nitrogen and oxygen atoms in total. The Bertz CT molecular complexity index is 1660. The molecule has 3 N–H and O–H groups in total. The normalized spacial score (nSPS) is 11.8. The van der Waals surface area contributed by atoms with Gasteiger partial charge in [-0.3, -0.25) is 19.2 Å². The summed E-state index contributed by atoms with van der Waals surface area (Å²) in [6, 6.07) is 25.9. The van der Waals surface area contributed by atoms with Crippen LogP contribution in [-0.2, 0) is 9.59 Å². The van der Waals surface area contributed by atoms with E-state index in [1.54, 1.807) is 85.8 Å². The number of halogens is 2. The topological polar surface area (TPSA) is 104 Å². The molecule has 4 rings (SSSR count). The lowest BCUT2D eigenvalue weighted by Crippen LogP contribution is -2.30. The maximum atomic E-state index is 14.5. The van der Waals surface area contributed by atoms with Crippen molar-refractivity contribution in [1.29, 1.82) is 0 Å². The third-order valence-electron chi connectivity index (χ3n) is 6.17. The van der Waals surface area contributed by atoms with Crippen LogP contribution in [0.1, 0.15) is 40.1 Å². The van der Waals surface area contributed by atoms with Crippen LogP contribution in [-0.4, -0.2) is 28.8 Å². The molecular weight excluding hydrogens is 589 g/mol. The van der Waals surface area contributed by atoms with Gasteiger partial charge in [0.15, 0.2) is 5.78 Å². The SMILES string of the molecule is CC(=O)c1ccc(NC(=O)C(C)Sc2ccc(NC(=O)/C(=C/c3c(F)cccc3Cl)NC(=O)c3ccccc3)cc2)cc1. The van der Waals surface area contributed by atoms with Crippen molar-refractivity contribution in [2.24, 2.45) is 0 Å². The quantitative estimate of drug-likeness (QED) is 0.0993. The summed E-state index contributed by atoms with van der Waals surface area (Å²) in [6.45, 7) is 3.24. The number of carbonyl (C=O) groups excluding carboxylic acids is 4. The van der Waals surface area contributed by atoms with Crippen LogP contribution in [0.3, 0.4) is 0 Å². The lowest BCUT2D eigenvalue weighted by molar-refractivity contribution is -0.115. The molecule has 0 bridgehead atoms. The number of benzene rings is 4. The molecule has 10 heteroatoms. The van der Waals surface area contributed by atoms with Gasteiger partial charge in [0.1, 0.15) is 11.5 Å². The van der Waals surface area contributed by atoms with Crippen LogP contribution in [0.15, 0.2) is 108 Å². The highest BCUT2D eigenvalue weighted by atomic mass is 35.5. The zero-order chi connectivity index (χ0) is 30.9. The highest BCUT2D eigenvalue weighted by molar-refractivity contribution is 8.00. The van der Waals surface area contributed by atoms with E-state index in [9.17, 15) is 23.6 Å². The summed E-state index contributed by atoms with van der Waals surface area (Å²) in [5, 5.41) is 7.72. The Balaban J connectivity index is 1.44. The predicted octanol–water partition coefficient (Wildman–Crippen LogP) is 7.21. The fourth-order valence-electron chi connectivity index (χ4n) is 3.84. The Labute approximate surface area is 257 Å². The fourth-order valence-corrected chi connectivity index (χ4v) is 4.93. The third kappa shape index (κ3) is 8.64. The van der Waals surface area contributed by atoms with E-state index in [2.05, 4.69) is 16.0 Å². The maximum Gasteiger partial charge on any atom is 0.272 e. The fraction of sp³-hybridized carbons (Fsp3) is 0.0909. The van der Waals surface area contributed by atoms with E-state index < -0.39 is 22.9 Å². The first-order chi connectivity index (χ1) is 20.6. The number of anilines is 2. The molecule has 0 saturated carbocycles. The molecule has 0 aromatic heterocycles. The standard InChI is InChI=1S/C33H27ClFN3O4S/c1-20(39)22-11-13-24(14-12-22)36-31(40)21(2)43-26-17-15-25(16-18-26)37-33(42)30(19-27-28(34)9-6-10-29(27)35)38-32(41)23-7-4-3-5-8-23/h3-19,21H,1-2H3,(H,36,40)(H,37,42)(H,38,41)/b30-19-. The largest absolute Gasteiger partial charge is 0.325 e. The number of carbonyl (C=O) groups is 4. The van der Waals surface area contributed by atoms with Gasteiger partial charge >= 0.3 is 0 Å². The molecule has 43 heavy (non-hydrogen) atoms. The number of ketones is 1. The van der Waals surface area contributed by atoms with Crippen molar-refractivity contribution in [3.05, 3.63) is 130 Å². The summed E-state index contributed by atoms with van der Waals surface area (Å²) < 4.78 is 14.5. The summed E-state index contributed by atoms with van der Waals surface area (Å²) in [5.74, 6) is -2.16. The first-order valence-electron chi connectivity index (χ1n) is 13.1. The average Bonchev–Trinajstić information content (AvgIpc) is 3.00. The smallest absolute Gasteiger partial charge is 0.272 e. The minimum Gasteiger partial charge on any atom is -0.325 e. The van der Waals surface area contributed by atoms with Crippen molar-refractivity contribution >= 4 is 64.3 Å². The van der Waals surface area contributed by atoms with E-state index in [1.807, 2.05) is 0 Å². The number of amides is 3. The summed E-state index contributed by atoms with van der Waals surface area (Å²) in [5.41, 5.74) is 1.62. The second-order valence-corrected chi connectivity index (χ2v) is 11.2. The second-order valence-electron chi connectivity index (χ2n) is 9.37. The molecule has 0 heterocycles. The lowest BCUT2D eigenvalue weighted by Gasteiger charge is -2.14. The van der Waals surface area contributed by atoms with Gasteiger partial charge in [-0.2, -0.15) is 0 Å². The van der Waals surface area contributed by atoms with Crippen molar-refractivity contribution in [2.75, 3.05) is 10.6 Å². The summed E-state index contributed by atoms with van der Waals surface area (Å²) in [4.78, 5) is 51.0. The van der Waals surface area contributed by atoms with Crippen molar-refractivity contribution in [2.45, 2.75) is 24.0 Å². The van der Waals surface area contributed by atoms with Crippen LogP contribution in [0.4, 0.5) is 15.8 Å². The van der Waals surface area contributed by atoms with Crippen molar-refractivity contribution < 1.29 is 23.6 Å². The number of Topliss-reactive ketones (excluding diaryl/α,β-unsaturated/α-hetero) is 1. The van der Waals surface area contributed by atoms with Crippen LogP contribution in [0, 0.1) is 5.82 Å². The summed E-state index contributed by atoms with van der Waals surface area (Å²) in [6.07, 6.45) is 1.19. The number of thioether (sulfide) groups is 1. The molecule has 218 valence electrons. The monoisotopic (exact) mass is 615 g/mol. The molecule has 0 radical (unpaired) electrons. The van der Waals surface area contributed by atoms with E-state index in [4.69, 9.17) is 11.6 Å². The summed E-state index contributed by atoms with van der Waals surface area (Å²) in [7, 11) is 0.